The quantitative estimate of drug-likeness (QED) is 0.395. The Morgan fingerprint density at radius 3 is 2.43 bits per heavy atom. The largest absolute Gasteiger partial charge is 0.373 e. The maximum absolute atomic E-state index is 14.8. The third-order valence-electron chi connectivity index (χ3n) is 6.77. The van der Waals surface area contributed by atoms with Gasteiger partial charge in [-0.15, -0.1) is 0 Å². The fraction of sp³-hybridized carbons (Fsp3) is 0.400. The zero-order valence-corrected chi connectivity index (χ0v) is 19.3. The topological polar surface area (TPSA) is 78.6 Å². The number of ether oxygens (including phenoxy) is 1. The monoisotopic (exact) mass is 480 g/mol. The first kappa shape index (κ1) is 22.1. The van der Waals surface area contributed by atoms with Crippen LogP contribution in [0.25, 0.3) is 22.4 Å². The van der Waals surface area contributed by atoms with Crippen molar-refractivity contribution in [3.63, 3.8) is 0 Å². The Bertz CT molecular complexity index is 1430. The summed E-state index contributed by atoms with van der Waals surface area (Å²) in [5.41, 5.74) is 2.20. The van der Waals surface area contributed by atoms with E-state index in [1.165, 1.54) is 0 Å². The van der Waals surface area contributed by atoms with Crippen molar-refractivity contribution < 1.29 is 17.9 Å². The van der Waals surface area contributed by atoms with Crippen molar-refractivity contribution in [3.8, 4) is 11.3 Å². The normalized spacial score (nSPS) is 20.5. The smallest absolute Gasteiger partial charge is 0.182 e. The standard InChI is InChI=1S/C25H23F3N6O/c1-12-13(2)31-25-23(30-12)22(21-18(27)8-16(26)9-19(21)28)32-24(33-25)14-5-6-35-20(7-14)15-10-29-34(11-15)17-3-4-17/h8-11,14,17,20H,3-7H2,1-2H3/t14-,20+/m0/s1. The minimum Gasteiger partial charge on any atom is -0.373 e. The second kappa shape index (κ2) is 8.37. The van der Waals surface area contributed by atoms with E-state index in [1.807, 2.05) is 17.1 Å². The summed E-state index contributed by atoms with van der Waals surface area (Å²) in [7, 11) is 0. The van der Waals surface area contributed by atoms with Gasteiger partial charge in [-0.25, -0.2) is 33.1 Å². The van der Waals surface area contributed by atoms with E-state index in [0.717, 1.165) is 18.4 Å². The SMILES string of the molecule is Cc1nc2nc([C@H]3CCO[C@@H](c4cnn(C5CC5)c4)C3)nc(-c3c(F)cc(F)cc3F)c2nc1C. The molecule has 4 aromatic rings. The molecule has 1 aliphatic carbocycles. The third kappa shape index (κ3) is 4.05. The molecule has 1 aliphatic heterocycles. The number of aryl methyl sites for hydroxylation is 2. The Balaban J connectivity index is 1.44. The molecule has 4 heterocycles. The summed E-state index contributed by atoms with van der Waals surface area (Å²) in [4.78, 5) is 18.3. The highest BCUT2D eigenvalue weighted by Gasteiger charge is 2.31. The average molecular weight is 480 g/mol. The Kier molecular flexibility index (Phi) is 5.28. The van der Waals surface area contributed by atoms with E-state index >= 15 is 0 Å². The number of benzene rings is 1. The molecule has 2 atom stereocenters. The summed E-state index contributed by atoms with van der Waals surface area (Å²) in [6.45, 7) is 4.03. The maximum Gasteiger partial charge on any atom is 0.182 e. The van der Waals surface area contributed by atoms with Crippen LogP contribution in [0.4, 0.5) is 13.2 Å². The molecule has 1 saturated heterocycles. The lowest BCUT2D eigenvalue weighted by Crippen LogP contribution is -2.20. The van der Waals surface area contributed by atoms with Crippen molar-refractivity contribution in [2.45, 2.75) is 57.6 Å². The van der Waals surface area contributed by atoms with Crippen LogP contribution in [0.3, 0.4) is 0 Å². The molecule has 0 spiro atoms. The van der Waals surface area contributed by atoms with E-state index in [2.05, 4.69) is 25.0 Å². The molecule has 3 aromatic heterocycles. The second-order valence-corrected chi connectivity index (χ2v) is 9.31. The van der Waals surface area contributed by atoms with Gasteiger partial charge in [-0.2, -0.15) is 5.10 Å². The molecule has 10 heteroatoms. The number of rotatable bonds is 4. The summed E-state index contributed by atoms with van der Waals surface area (Å²) < 4.78 is 51.3. The van der Waals surface area contributed by atoms with Crippen molar-refractivity contribution in [1.29, 1.82) is 0 Å². The molecule has 0 radical (unpaired) electrons. The van der Waals surface area contributed by atoms with Crippen LogP contribution in [0.2, 0.25) is 0 Å². The lowest BCUT2D eigenvalue weighted by Gasteiger charge is -2.28. The number of fused-ring (bicyclic) bond motifs is 1. The predicted octanol–water partition coefficient (Wildman–Crippen LogP) is 5.29. The van der Waals surface area contributed by atoms with Gasteiger partial charge in [-0.1, -0.05) is 0 Å². The van der Waals surface area contributed by atoms with Gasteiger partial charge in [0.15, 0.2) is 5.65 Å². The van der Waals surface area contributed by atoms with Gasteiger partial charge in [0.1, 0.15) is 34.5 Å². The number of nitrogens with zero attached hydrogens (tertiary/aromatic N) is 6. The average Bonchev–Trinajstić information content (AvgIpc) is 3.55. The number of aromatic nitrogens is 6. The fourth-order valence-corrected chi connectivity index (χ4v) is 4.58. The second-order valence-electron chi connectivity index (χ2n) is 9.31. The van der Waals surface area contributed by atoms with Gasteiger partial charge in [0, 0.05) is 36.4 Å². The van der Waals surface area contributed by atoms with E-state index in [1.54, 1.807) is 13.8 Å². The van der Waals surface area contributed by atoms with Gasteiger partial charge < -0.3 is 4.74 Å². The van der Waals surface area contributed by atoms with Crippen molar-refractivity contribution in [3.05, 3.63) is 64.8 Å². The minimum absolute atomic E-state index is 0.0276. The summed E-state index contributed by atoms with van der Waals surface area (Å²) in [6.07, 6.45) is 7.18. The highest BCUT2D eigenvalue weighted by atomic mass is 19.1. The molecule has 35 heavy (non-hydrogen) atoms. The lowest BCUT2D eigenvalue weighted by molar-refractivity contribution is 0.00396. The molecule has 0 unspecified atom stereocenters. The van der Waals surface area contributed by atoms with Crippen molar-refractivity contribution in [1.82, 2.24) is 29.7 Å². The van der Waals surface area contributed by atoms with Crippen LogP contribution < -0.4 is 0 Å². The molecule has 2 fully saturated rings. The number of hydrogen-bond donors (Lipinski definition) is 0. The molecule has 180 valence electrons. The molecular weight excluding hydrogens is 457 g/mol. The van der Waals surface area contributed by atoms with E-state index in [0.29, 0.717) is 54.8 Å². The van der Waals surface area contributed by atoms with Crippen LogP contribution in [0.15, 0.2) is 24.5 Å². The maximum atomic E-state index is 14.8. The summed E-state index contributed by atoms with van der Waals surface area (Å²) in [6, 6.07) is 1.76. The first-order valence-electron chi connectivity index (χ1n) is 11.7. The molecule has 0 N–H and O–H groups in total. The Labute approximate surface area is 199 Å². The van der Waals surface area contributed by atoms with Crippen LogP contribution >= 0.6 is 0 Å². The fourth-order valence-electron chi connectivity index (χ4n) is 4.58. The highest BCUT2D eigenvalue weighted by Crippen LogP contribution is 2.40. The first-order valence-corrected chi connectivity index (χ1v) is 11.7. The van der Waals surface area contributed by atoms with E-state index < -0.39 is 23.0 Å². The van der Waals surface area contributed by atoms with E-state index in [4.69, 9.17) is 4.74 Å². The zero-order valence-electron chi connectivity index (χ0n) is 19.3. The molecule has 2 aliphatic rings. The van der Waals surface area contributed by atoms with Crippen LogP contribution in [0, 0.1) is 31.3 Å². The van der Waals surface area contributed by atoms with Crippen LogP contribution in [0.1, 0.15) is 66.5 Å². The van der Waals surface area contributed by atoms with Gasteiger partial charge in [-0.05, 0) is 39.5 Å². The van der Waals surface area contributed by atoms with Crippen LogP contribution in [-0.4, -0.2) is 36.3 Å². The van der Waals surface area contributed by atoms with Gasteiger partial charge >= 0.3 is 0 Å². The summed E-state index contributed by atoms with van der Waals surface area (Å²) >= 11 is 0. The lowest BCUT2D eigenvalue weighted by atomic mass is 9.92. The summed E-state index contributed by atoms with van der Waals surface area (Å²) in [5, 5.41) is 4.46. The molecule has 0 amide bonds. The van der Waals surface area contributed by atoms with Crippen LogP contribution in [-0.2, 0) is 4.74 Å². The molecule has 0 bridgehead atoms. The van der Waals surface area contributed by atoms with E-state index in [-0.39, 0.29) is 28.9 Å². The highest BCUT2D eigenvalue weighted by molar-refractivity contribution is 5.87. The van der Waals surface area contributed by atoms with Gasteiger partial charge in [0.2, 0.25) is 0 Å². The van der Waals surface area contributed by atoms with Crippen LogP contribution in [0.5, 0.6) is 0 Å². The molecule has 1 aromatic carbocycles. The number of halogens is 3. The Morgan fingerprint density at radius 1 is 0.943 bits per heavy atom. The zero-order chi connectivity index (χ0) is 24.3. The van der Waals surface area contributed by atoms with Crippen molar-refractivity contribution >= 4 is 11.2 Å². The van der Waals surface area contributed by atoms with Crippen molar-refractivity contribution in [2.75, 3.05) is 6.61 Å². The van der Waals surface area contributed by atoms with Gasteiger partial charge in [-0.3, -0.25) is 4.68 Å². The first-order chi connectivity index (χ1) is 16.9. The van der Waals surface area contributed by atoms with Gasteiger partial charge in [0.25, 0.3) is 0 Å². The minimum atomic E-state index is -1.05. The molecule has 6 rings (SSSR count). The summed E-state index contributed by atoms with van der Waals surface area (Å²) in [5.74, 6) is -2.82. The van der Waals surface area contributed by atoms with E-state index in [9.17, 15) is 13.2 Å². The molecule has 7 nitrogen and oxygen atoms in total. The van der Waals surface area contributed by atoms with Gasteiger partial charge in [0.05, 0.1) is 35.3 Å². The third-order valence-corrected chi connectivity index (χ3v) is 6.77. The predicted molar refractivity (Wildman–Crippen MR) is 121 cm³/mol. The number of hydrogen-bond acceptors (Lipinski definition) is 6. The van der Waals surface area contributed by atoms with Crippen molar-refractivity contribution in [2.24, 2.45) is 0 Å². The molecule has 1 saturated carbocycles. The Hall–Kier alpha value is -3.40. The molecular formula is C25H23F3N6O. The Morgan fingerprint density at radius 2 is 1.69 bits per heavy atom.